The Morgan fingerprint density at radius 3 is 2.40 bits per heavy atom. The Labute approximate surface area is 152 Å². The Morgan fingerprint density at radius 2 is 1.72 bits per heavy atom. The first kappa shape index (κ1) is 17.4. The topological polar surface area (TPSA) is 43.4 Å². The maximum atomic E-state index is 12.9. The van der Waals surface area contributed by atoms with Crippen molar-refractivity contribution in [1.82, 2.24) is 0 Å². The third kappa shape index (κ3) is 3.11. The van der Waals surface area contributed by atoms with Crippen LogP contribution in [0, 0.1) is 23.7 Å². The van der Waals surface area contributed by atoms with Gasteiger partial charge in [-0.25, -0.2) is 0 Å². The lowest BCUT2D eigenvalue weighted by atomic mass is 9.71. The number of fused-ring (bicyclic) bond motifs is 5. The van der Waals surface area contributed by atoms with E-state index in [1.165, 1.54) is 31.2 Å². The summed E-state index contributed by atoms with van der Waals surface area (Å²) in [5.41, 5.74) is 1.23. The fourth-order valence-electron chi connectivity index (χ4n) is 5.79. The van der Waals surface area contributed by atoms with Crippen molar-refractivity contribution in [3.05, 3.63) is 29.8 Å². The van der Waals surface area contributed by atoms with Gasteiger partial charge in [0, 0.05) is 0 Å². The highest BCUT2D eigenvalue weighted by atomic mass is 32.2. The Bertz CT molecular complexity index is 709. The maximum absolute atomic E-state index is 12.9. The standard InChI is InChI=1S/C21H30O3S/c1-3-14(2)15-8-10-17(11-9-15)24-25(22,23)21-13-16-12-20(21)19-7-5-4-6-18(16)19/h8-11,14,16,18-21H,3-7,12-13H2,1-2H3. The highest BCUT2D eigenvalue weighted by Gasteiger charge is 2.57. The average molecular weight is 363 g/mol. The molecule has 6 atom stereocenters. The summed E-state index contributed by atoms with van der Waals surface area (Å²) in [5.74, 6) is 3.32. The fourth-order valence-corrected chi connectivity index (χ4v) is 7.52. The molecule has 0 amide bonds. The summed E-state index contributed by atoms with van der Waals surface area (Å²) in [6.45, 7) is 4.34. The van der Waals surface area contributed by atoms with Crippen LogP contribution in [0.5, 0.6) is 5.75 Å². The van der Waals surface area contributed by atoms with E-state index >= 15 is 0 Å². The van der Waals surface area contributed by atoms with Gasteiger partial charge < -0.3 is 4.18 Å². The van der Waals surface area contributed by atoms with Crippen LogP contribution in [-0.2, 0) is 10.1 Å². The predicted molar refractivity (Wildman–Crippen MR) is 100 cm³/mol. The van der Waals surface area contributed by atoms with E-state index in [9.17, 15) is 8.42 Å². The Morgan fingerprint density at radius 1 is 1.04 bits per heavy atom. The van der Waals surface area contributed by atoms with E-state index in [2.05, 4.69) is 13.8 Å². The molecular formula is C21H30O3S. The quantitative estimate of drug-likeness (QED) is 0.683. The van der Waals surface area contributed by atoms with Gasteiger partial charge in [-0.1, -0.05) is 38.8 Å². The molecule has 0 saturated heterocycles. The zero-order chi connectivity index (χ0) is 17.6. The Hall–Kier alpha value is -1.03. The predicted octanol–water partition coefficient (Wildman–Crippen LogP) is 5.12. The van der Waals surface area contributed by atoms with E-state index in [-0.39, 0.29) is 5.25 Å². The molecule has 2 bridgehead atoms. The van der Waals surface area contributed by atoms with E-state index in [0.717, 1.165) is 25.2 Å². The minimum absolute atomic E-state index is 0.286. The highest BCUT2D eigenvalue weighted by Crippen LogP contribution is 2.59. The molecule has 0 N–H and O–H groups in total. The molecule has 0 aliphatic heterocycles. The van der Waals surface area contributed by atoms with Crippen molar-refractivity contribution >= 4 is 10.1 Å². The second kappa shape index (κ2) is 6.61. The summed E-state index contributed by atoms with van der Waals surface area (Å²) in [6, 6.07) is 7.62. The van der Waals surface area contributed by atoms with Crippen molar-refractivity contribution < 1.29 is 12.6 Å². The molecule has 0 heterocycles. The summed E-state index contributed by atoms with van der Waals surface area (Å²) in [4.78, 5) is 0. The minimum atomic E-state index is -3.53. The smallest absolute Gasteiger partial charge is 0.312 e. The normalized spacial score (nSPS) is 35.4. The molecule has 25 heavy (non-hydrogen) atoms. The summed E-state index contributed by atoms with van der Waals surface area (Å²) in [5, 5.41) is -0.286. The van der Waals surface area contributed by atoms with E-state index < -0.39 is 10.1 Å². The SMILES string of the molecule is CCC(C)c1ccc(OS(=O)(=O)C2CC3CC2C2CCCCC32)cc1. The molecular weight excluding hydrogens is 332 g/mol. The van der Waals surface area contributed by atoms with Gasteiger partial charge in [0.25, 0.3) is 0 Å². The van der Waals surface area contributed by atoms with Gasteiger partial charge in [0.05, 0.1) is 0 Å². The molecule has 0 spiro atoms. The lowest BCUT2D eigenvalue weighted by molar-refractivity contribution is 0.158. The summed E-state index contributed by atoms with van der Waals surface area (Å²) in [7, 11) is -3.53. The van der Waals surface area contributed by atoms with E-state index in [1.54, 1.807) is 0 Å². The molecule has 138 valence electrons. The van der Waals surface area contributed by atoms with Crippen molar-refractivity contribution in [1.29, 1.82) is 0 Å². The molecule has 3 fully saturated rings. The van der Waals surface area contributed by atoms with Crippen LogP contribution in [0.3, 0.4) is 0 Å². The van der Waals surface area contributed by atoms with E-state index in [1.807, 2.05) is 24.3 Å². The third-order valence-electron chi connectivity index (χ3n) is 7.26. The number of hydrogen-bond acceptors (Lipinski definition) is 3. The van der Waals surface area contributed by atoms with Gasteiger partial charge in [0.15, 0.2) is 0 Å². The first-order valence-corrected chi connectivity index (χ1v) is 11.5. The molecule has 1 aromatic rings. The average Bonchev–Trinajstić information content (AvgIpc) is 3.22. The van der Waals surface area contributed by atoms with Gasteiger partial charge in [-0.3, -0.25) is 0 Å². The van der Waals surface area contributed by atoms with Crippen molar-refractivity contribution in [3.8, 4) is 5.75 Å². The van der Waals surface area contributed by atoms with E-state index in [4.69, 9.17) is 4.18 Å². The van der Waals surface area contributed by atoms with Crippen LogP contribution >= 0.6 is 0 Å². The molecule has 3 nitrogen and oxygen atoms in total. The first-order valence-electron chi connectivity index (χ1n) is 10.0. The van der Waals surface area contributed by atoms with Gasteiger partial charge >= 0.3 is 10.1 Å². The molecule has 3 aliphatic rings. The van der Waals surface area contributed by atoms with Crippen molar-refractivity contribution in [2.75, 3.05) is 0 Å². The number of benzene rings is 1. The first-order chi connectivity index (χ1) is 12.0. The van der Waals surface area contributed by atoms with Gasteiger partial charge in [0.2, 0.25) is 0 Å². The van der Waals surface area contributed by atoms with Gasteiger partial charge in [-0.2, -0.15) is 8.42 Å². The molecule has 0 radical (unpaired) electrons. The fraction of sp³-hybridized carbons (Fsp3) is 0.714. The zero-order valence-electron chi connectivity index (χ0n) is 15.4. The van der Waals surface area contributed by atoms with Gasteiger partial charge in [-0.05, 0) is 79.4 Å². The molecule has 1 aromatic carbocycles. The lowest BCUT2D eigenvalue weighted by Crippen LogP contribution is -2.39. The summed E-state index contributed by atoms with van der Waals surface area (Å²) < 4.78 is 31.4. The van der Waals surface area contributed by atoms with Gasteiger partial charge in [0.1, 0.15) is 11.0 Å². The van der Waals surface area contributed by atoms with Crippen LogP contribution in [0.25, 0.3) is 0 Å². The van der Waals surface area contributed by atoms with Crippen molar-refractivity contribution in [3.63, 3.8) is 0 Å². The summed E-state index contributed by atoms with van der Waals surface area (Å²) in [6.07, 6.45) is 8.15. The Balaban J connectivity index is 1.47. The molecule has 3 saturated carbocycles. The van der Waals surface area contributed by atoms with Crippen LogP contribution in [0.1, 0.15) is 70.3 Å². The molecule has 4 rings (SSSR count). The van der Waals surface area contributed by atoms with Crippen LogP contribution in [0.4, 0.5) is 0 Å². The van der Waals surface area contributed by atoms with Crippen molar-refractivity contribution in [2.45, 2.75) is 70.0 Å². The monoisotopic (exact) mass is 362 g/mol. The summed E-state index contributed by atoms with van der Waals surface area (Å²) >= 11 is 0. The van der Waals surface area contributed by atoms with Crippen LogP contribution in [0.2, 0.25) is 0 Å². The Kier molecular flexibility index (Phi) is 4.59. The molecule has 3 aliphatic carbocycles. The van der Waals surface area contributed by atoms with Crippen molar-refractivity contribution in [2.24, 2.45) is 23.7 Å². The number of hydrogen-bond donors (Lipinski definition) is 0. The molecule has 4 heteroatoms. The van der Waals surface area contributed by atoms with E-state index in [0.29, 0.717) is 29.4 Å². The zero-order valence-corrected chi connectivity index (χ0v) is 16.2. The third-order valence-corrected chi connectivity index (χ3v) is 8.97. The van der Waals surface area contributed by atoms with Crippen LogP contribution < -0.4 is 4.18 Å². The van der Waals surface area contributed by atoms with Crippen LogP contribution in [-0.4, -0.2) is 13.7 Å². The maximum Gasteiger partial charge on any atom is 0.312 e. The lowest BCUT2D eigenvalue weighted by Gasteiger charge is -2.38. The molecule has 0 aromatic heterocycles. The second-order valence-electron chi connectivity index (χ2n) is 8.50. The molecule has 6 unspecified atom stereocenters. The highest BCUT2D eigenvalue weighted by molar-refractivity contribution is 7.87. The minimum Gasteiger partial charge on any atom is -0.382 e. The second-order valence-corrected chi connectivity index (χ2v) is 10.3. The number of rotatable bonds is 5. The van der Waals surface area contributed by atoms with Crippen LogP contribution in [0.15, 0.2) is 24.3 Å². The van der Waals surface area contributed by atoms with Gasteiger partial charge in [-0.15, -0.1) is 0 Å². The largest absolute Gasteiger partial charge is 0.382 e.